The van der Waals surface area contributed by atoms with E-state index in [4.69, 9.17) is 44.3 Å². The van der Waals surface area contributed by atoms with Crippen molar-refractivity contribution in [2.45, 2.75) is 43.5 Å². The van der Waals surface area contributed by atoms with Gasteiger partial charge in [0.05, 0.1) is 12.2 Å². The van der Waals surface area contributed by atoms with Gasteiger partial charge in [0.1, 0.15) is 0 Å². The van der Waals surface area contributed by atoms with Gasteiger partial charge in [-0.25, -0.2) is 0 Å². The summed E-state index contributed by atoms with van der Waals surface area (Å²) in [6, 6.07) is 13.5. The first kappa shape index (κ1) is 22.7. The van der Waals surface area contributed by atoms with E-state index in [1.807, 2.05) is 36.0 Å². The van der Waals surface area contributed by atoms with E-state index in [9.17, 15) is 0 Å². The highest BCUT2D eigenvalue weighted by molar-refractivity contribution is 9.09. The second kappa shape index (κ2) is 11.5. The van der Waals surface area contributed by atoms with Crippen molar-refractivity contribution in [1.29, 1.82) is 0 Å². The molecule has 0 aromatic heterocycles. The smallest absolute Gasteiger partial charge is 0.158 e. The maximum absolute atomic E-state index is 6.35. The Hall–Kier alpha value is 0.0600. The topological polar surface area (TPSA) is 18.5 Å². The fourth-order valence-electron chi connectivity index (χ4n) is 3.11. The summed E-state index contributed by atoms with van der Waals surface area (Å²) in [6.45, 7) is 0. The lowest BCUT2D eigenvalue weighted by Gasteiger charge is -2.32. The van der Waals surface area contributed by atoms with Crippen LogP contribution in [0.25, 0.3) is 0 Å². The largest absolute Gasteiger partial charge is 0.349 e. The predicted octanol–water partition coefficient (Wildman–Crippen LogP) is 7.93. The third kappa shape index (κ3) is 6.80. The maximum atomic E-state index is 6.35. The van der Waals surface area contributed by atoms with E-state index in [1.165, 1.54) is 5.56 Å². The standard InChI is InChI=1S/C21H22BrCl3O2S/c22-11-20(18-9-8-16(24)10-19(18)25)27-21-3-1-2-17(26-21)13-28-12-14-4-6-15(23)7-5-14/h4-10,17,20-21H,1-3,11-13H2. The summed E-state index contributed by atoms with van der Waals surface area (Å²) in [6.07, 6.45) is 2.87. The van der Waals surface area contributed by atoms with Gasteiger partial charge in [-0.15, -0.1) is 0 Å². The number of hydrogen-bond acceptors (Lipinski definition) is 3. The molecule has 28 heavy (non-hydrogen) atoms. The van der Waals surface area contributed by atoms with Crippen LogP contribution in [0.2, 0.25) is 15.1 Å². The van der Waals surface area contributed by atoms with Gasteiger partial charge in [0.2, 0.25) is 0 Å². The molecule has 0 aliphatic carbocycles. The maximum Gasteiger partial charge on any atom is 0.158 e. The zero-order chi connectivity index (χ0) is 19.9. The Morgan fingerprint density at radius 1 is 1.07 bits per heavy atom. The van der Waals surface area contributed by atoms with Crippen LogP contribution in [0.3, 0.4) is 0 Å². The molecule has 3 unspecified atom stereocenters. The number of thioether (sulfide) groups is 1. The Labute approximate surface area is 194 Å². The van der Waals surface area contributed by atoms with Gasteiger partial charge in [-0.3, -0.25) is 0 Å². The lowest BCUT2D eigenvalue weighted by Crippen LogP contribution is -2.32. The van der Waals surface area contributed by atoms with Crippen molar-refractivity contribution in [3.8, 4) is 0 Å². The average Bonchev–Trinajstić information content (AvgIpc) is 2.68. The molecule has 1 aliphatic heterocycles. The van der Waals surface area contributed by atoms with Crippen LogP contribution in [-0.4, -0.2) is 23.5 Å². The second-order valence-electron chi connectivity index (χ2n) is 6.71. The van der Waals surface area contributed by atoms with E-state index in [0.717, 1.165) is 41.4 Å². The number of benzene rings is 2. The molecule has 0 N–H and O–H groups in total. The van der Waals surface area contributed by atoms with E-state index in [1.54, 1.807) is 6.07 Å². The zero-order valence-electron chi connectivity index (χ0n) is 15.3. The van der Waals surface area contributed by atoms with Crippen LogP contribution < -0.4 is 0 Å². The summed E-state index contributed by atoms with van der Waals surface area (Å²) in [5, 5.41) is 2.65. The SMILES string of the molecule is Clc1ccc(CSCC2CCCC(OC(CBr)c3ccc(Cl)cc3Cl)O2)cc1. The lowest BCUT2D eigenvalue weighted by molar-refractivity contribution is -0.207. The van der Waals surface area contributed by atoms with E-state index in [0.29, 0.717) is 15.4 Å². The Kier molecular flexibility index (Phi) is 9.30. The van der Waals surface area contributed by atoms with E-state index in [2.05, 4.69) is 28.1 Å². The predicted molar refractivity (Wildman–Crippen MR) is 124 cm³/mol. The first-order valence-electron chi connectivity index (χ1n) is 9.19. The highest BCUT2D eigenvalue weighted by atomic mass is 79.9. The Bertz CT molecular complexity index is 760. The molecule has 0 amide bonds. The molecular weight excluding hydrogens is 503 g/mol. The Morgan fingerprint density at radius 3 is 2.54 bits per heavy atom. The normalized spacial score (nSPS) is 20.9. The van der Waals surface area contributed by atoms with Crippen molar-refractivity contribution in [3.63, 3.8) is 0 Å². The third-order valence-corrected chi connectivity index (χ3v) is 7.11. The summed E-state index contributed by atoms with van der Waals surface area (Å²) < 4.78 is 12.4. The molecule has 1 heterocycles. The van der Waals surface area contributed by atoms with Gasteiger partial charge in [0.15, 0.2) is 6.29 Å². The molecule has 1 aliphatic rings. The minimum Gasteiger partial charge on any atom is -0.349 e. The number of ether oxygens (including phenoxy) is 2. The second-order valence-corrected chi connectivity index (χ2v) is 9.66. The summed E-state index contributed by atoms with van der Waals surface area (Å²) in [4.78, 5) is 0. The quantitative estimate of drug-likeness (QED) is 0.327. The van der Waals surface area contributed by atoms with E-state index >= 15 is 0 Å². The van der Waals surface area contributed by atoms with E-state index < -0.39 is 0 Å². The number of rotatable bonds is 8. The minimum atomic E-state index is -0.218. The lowest BCUT2D eigenvalue weighted by atomic mass is 10.1. The molecule has 0 bridgehead atoms. The molecule has 3 atom stereocenters. The fraction of sp³-hybridized carbons (Fsp3) is 0.429. The number of halogens is 4. The van der Waals surface area contributed by atoms with Crippen LogP contribution in [0.4, 0.5) is 0 Å². The van der Waals surface area contributed by atoms with Crippen molar-refractivity contribution in [2.75, 3.05) is 11.1 Å². The van der Waals surface area contributed by atoms with Gasteiger partial charge in [-0.2, -0.15) is 11.8 Å². The first-order chi connectivity index (χ1) is 13.5. The van der Waals surface area contributed by atoms with Crippen LogP contribution in [-0.2, 0) is 15.2 Å². The monoisotopic (exact) mass is 522 g/mol. The molecule has 2 aromatic rings. The molecule has 152 valence electrons. The van der Waals surface area contributed by atoms with Crippen molar-refractivity contribution < 1.29 is 9.47 Å². The van der Waals surface area contributed by atoms with Crippen molar-refractivity contribution >= 4 is 62.5 Å². The third-order valence-electron chi connectivity index (χ3n) is 4.56. The average molecular weight is 525 g/mol. The van der Waals surface area contributed by atoms with Crippen LogP contribution in [0, 0.1) is 0 Å². The van der Waals surface area contributed by atoms with Crippen molar-refractivity contribution in [2.24, 2.45) is 0 Å². The highest BCUT2D eigenvalue weighted by Gasteiger charge is 2.26. The van der Waals surface area contributed by atoms with Crippen LogP contribution >= 0.6 is 62.5 Å². The first-order valence-corrected chi connectivity index (χ1v) is 12.6. The summed E-state index contributed by atoms with van der Waals surface area (Å²) >= 11 is 23.7. The number of alkyl halides is 1. The molecule has 2 nitrogen and oxygen atoms in total. The van der Waals surface area contributed by atoms with Gasteiger partial charge in [0.25, 0.3) is 0 Å². The van der Waals surface area contributed by atoms with Crippen LogP contribution in [0.1, 0.15) is 36.5 Å². The fourth-order valence-corrected chi connectivity index (χ4v) is 5.32. The van der Waals surface area contributed by atoms with Gasteiger partial charge < -0.3 is 9.47 Å². The molecule has 0 spiro atoms. The van der Waals surface area contributed by atoms with Gasteiger partial charge >= 0.3 is 0 Å². The molecule has 3 rings (SSSR count). The summed E-state index contributed by atoms with van der Waals surface area (Å²) in [7, 11) is 0. The molecule has 1 fully saturated rings. The molecule has 0 radical (unpaired) electrons. The van der Waals surface area contributed by atoms with Crippen LogP contribution in [0.15, 0.2) is 42.5 Å². The zero-order valence-corrected chi connectivity index (χ0v) is 19.9. The number of hydrogen-bond donors (Lipinski definition) is 0. The molecule has 1 saturated heterocycles. The van der Waals surface area contributed by atoms with Gasteiger partial charge in [-0.05, 0) is 49.1 Å². The minimum absolute atomic E-state index is 0.171. The Balaban J connectivity index is 1.50. The van der Waals surface area contributed by atoms with E-state index in [-0.39, 0.29) is 18.5 Å². The highest BCUT2D eigenvalue weighted by Crippen LogP contribution is 2.33. The summed E-state index contributed by atoms with van der Waals surface area (Å²) in [5.74, 6) is 1.90. The molecular formula is C21H22BrCl3O2S. The van der Waals surface area contributed by atoms with Gasteiger partial charge in [0, 0.05) is 37.5 Å². The molecule has 7 heteroatoms. The van der Waals surface area contributed by atoms with Gasteiger partial charge in [-0.1, -0.05) is 68.9 Å². The molecule has 2 aromatic carbocycles. The molecule has 0 saturated carbocycles. The van der Waals surface area contributed by atoms with Crippen molar-refractivity contribution in [3.05, 3.63) is 68.7 Å². The van der Waals surface area contributed by atoms with Crippen molar-refractivity contribution in [1.82, 2.24) is 0 Å². The van der Waals surface area contributed by atoms with Crippen LogP contribution in [0.5, 0.6) is 0 Å². The Morgan fingerprint density at radius 2 is 1.82 bits per heavy atom. The summed E-state index contributed by atoms with van der Waals surface area (Å²) in [5.41, 5.74) is 2.19.